The number of nitrogens with one attached hydrogen (secondary N) is 1. The van der Waals surface area contributed by atoms with Crippen molar-refractivity contribution in [1.82, 2.24) is 0 Å². The maximum atomic E-state index is 12.3. The van der Waals surface area contributed by atoms with Crippen LogP contribution in [0.4, 0.5) is 5.69 Å². The molecule has 0 saturated carbocycles. The highest BCUT2D eigenvalue weighted by Gasteiger charge is 2.19. The Morgan fingerprint density at radius 1 is 1.09 bits per heavy atom. The van der Waals surface area contributed by atoms with Crippen LogP contribution >= 0.6 is 39.1 Å². The predicted octanol–water partition coefficient (Wildman–Crippen LogP) is 4.25. The molecule has 0 bridgehead atoms. The third-order valence-corrected chi connectivity index (χ3v) is 5.32. The van der Waals surface area contributed by atoms with Crippen molar-refractivity contribution in [1.29, 1.82) is 0 Å². The lowest BCUT2D eigenvalue weighted by Crippen LogP contribution is -2.14. The molecule has 0 heterocycles. The van der Waals surface area contributed by atoms with E-state index in [0.717, 1.165) is 6.07 Å². The third-order valence-electron chi connectivity index (χ3n) is 2.63. The summed E-state index contributed by atoms with van der Waals surface area (Å²) in [5.74, 6) is -1.26. The van der Waals surface area contributed by atoms with Gasteiger partial charge in [0.2, 0.25) is 0 Å². The largest absolute Gasteiger partial charge is 0.478 e. The number of benzene rings is 2. The van der Waals surface area contributed by atoms with Crippen molar-refractivity contribution < 1.29 is 18.3 Å². The summed E-state index contributed by atoms with van der Waals surface area (Å²) in [6.07, 6.45) is 0. The Morgan fingerprint density at radius 3 is 2.36 bits per heavy atom. The number of carbonyl (C=O) groups is 1. The molecule has 2 aromatic rings. The van der Waals surface area contributed by atoms with Gasteiger partial charge in [-0.1, -0.05) is 39.1 Å². The molecule has 0 fully saturated rings. The molecule has 0 aliphatic rings. The quantitative estimate of drug-likeness (QED) is 0.768. The molecule has 5 nitrogen and oxygen atoms in total. The number of anilines is 1. The van der Waals surface area contributed by atoms with Gasteiger partial charge in [-0.3, -0.25) is 4.72 Å². The molecule has 0 amide bonds. The van der Waals surface area contributed by atoms with Crippen molar-refractivity contribution >= 4 is 60.8 Å². The number of sulfonamides is 1. The average molecular weight is 425 g/mol. The maximum absolute atomic E-state index is 12.3. The van der Waals surface area contributed by atoms with Crippen LogP contribution in [-0.2, 0) is 10.0 Å². The van der Waals surface area contributed by atoms with Crippen LogP contribution in [0.5, 0.6) is 0 Å². The Hall–Kier alpha value is -1.28. The third kappa shape index (κ3) is 3.73. The van der Waals surface area contributed by atoms with Crippen LogP contribution in [0.3, 0.4) is 0 Å². The van der Waals surface area contributed by atoms with Crippen molar-refractivity contribution in [3.63, 3.8) is 0 Å². The Morgan fingerprint density at radius 2 is 1.77 bits per heavy atom. The van der Waals surface area contributed by atoms with Gasteiger partial charge in [-0.2, -0.15) is 0 Å². The molecule has 0 spiro atoms. The van der Waals surface area contributed by atoms with Gasteiger partial charge in [-0.25, -0.2) is 13.2 Å². The van der Waals surface area contributed by atoms with Crippen molar-refractivity contribution in [2.75, 3.05) is 4.72 Å². The summed E-state index contributed by atoms with van der Waals surface area (Å²) in [7, 11) is -3.95. The molecule has 9 heteroatoms. The van der Waals surface area contributed by atoms with Crippen molar-refractivity contribution in [3.8, 4) is 0 Å². The summed E-state index contributed by atoms with van der Waals surface area (Å²) >= 11 is 14.8. The summed E-state index contributed by atoms with van der Waals surface area (Å²) in [5, 5.41) is 9.04. The molecule has 2 rings (SSSR count). The number of carboxylic acids is 1. The first-order valence-electron chi connectivity index (χ1n) is 5.71. The molecule has 22 heavy (non-hydrogen) atoms. The zero-order chi connectivity index (χ0) is 16.5. The van der Waals surface area contributed by atoms with E-state index >= 15 is 0 Å². The maximum Gasteiger partial charge on any atom is 0.337 e. The average Bonchev–Trinajstić information content (AvgIpc) is 2.39. The van der Waals surface area contributed by atoms with E-state index in [-0.39, 0.29) is 26.2 Å². The van der Waals surface area contributed by atoms with E-state index < -0.39 is 16.0 Å². The van der Waals surface area contributed by atoms with Crippen LogP contribution in [0.1, 0.15) is 10.4 Å². The minimum atomic E-state index is -3.95. The molecule has 0 aliphatic carbocycles. The highest BCUT2D eigenvalue weighted by Crippen LogP contribution is 2.28. The molecular weight excluding hydrogens is 417 g/mol. The summed E-state index contributed by atoms with van der Waals surface area (Å²) < 4.78 is 27.5. The molecule has 0 unspecified atom stereocenters. The van der Waals surface area contributed by atoms with E-state index in [4.69, 9.17) is 28.3 Å². The second-order valence-corrected chi connectivity index (χ2v) is 7.56. The Bertz CT molecular complexity index is 855. The zero-order valence-electron chi connectivity index (χ0n) is 10.7. The Kier molecular flexibility index (Phi) is 5.01. The molecule has 116 valence electrons. The standard InChI is InChI=1S/C13H8BrCl2NO4S/c14-7-1-4-12(11(16)5-7)22(20,21)17-8-2-3-10(15)9(6-8)13(18)19/h1-6,17H,(H,18,19). The Labute approximate surface area is 145 Å². The van der Waals surface area contributed by atoms with Gasteiger partial charge in [0.15, 0.2) is 0 Å². The van der Waals surface area contributed by atoms with Gasteiger partial charge >= 0.3 is 5.97 Å². The number of rotatable bonds is 4. The smallest absolute Gasteiger partial charge is 0.337 e. The summed E-state index contributed by atoms with van der Waals surface area (Å²) in [5.41, 5.74) is -0.135. The first kappa shape index (κ1) is 17.1. The highest BCUT2D eigenvalue weighted by atomic mass is 79.9. The monoisotopic (exact) mass is 423 g/mol. The minimum absolute atomic E-state index is 0.0112. The molecule has 2 N–H and O–H groups in total. The van der Waals surface area contributed by atoms with Crippen LogP contribution in [-0.4, -0.2) is 19.5 Å². The minimum Gasteiger partial charge on any atom is -0.478 e. The molecule has 0 radical (unpaired) electrons. The normalized spacial score (nSPS) is 11.2. The number of aromatic carboxylic acids is 1. The molecular formula is C13H8BrCl2NO4S. The topological polar surface area (TPSA) is 83.5 Å². The zero-order valence-corrected chi connectivity index (χ0v) is 14.6. The van der Waals surface area contributed by atoms with E-state index in [9.17, 15) is 13.2 Å². The van der Waals surface area contributed by atoms with Crippen molar-refractivity contribution in [3.05, 3.63) is 56.5 Å². The fourth-order valence-electron chi connectivity index (χ4n) is 1.66. The van der Waals surface area contributed by atoms with E-state index in [1.54, 1.807) is 0 Å². The van der Waals surface area contributed by atoms with Crippen LogP contribution in [0.15, 0.2) is 45.8 Å². The summed E-state index contributed by atoms with van der Waals surface area (Å²) in [6, 6.07) is 8.11. The SMILES string of the molecule is O=C(O)c1cc(NS(=O)(=O)c2ccc(Br)cc2Cl)ccc1Cl. The van der Waals surface area contributed by atoms with Gasteiger partial charge in [-0.15, -0.1) is 0 Å². The van der Waals surface area contributed by atoms with Crippen LogP contribution in [0.2, 0.25) is 10.0 Å². The highest BCUT2D eigenvalue weighted by molar-refractivity contribution is 9.10. The summed E-state index contributed by atoms with van der Waals surface area (Å²) in [6.45, 7) is 0. The number of hydrogen-bond acceptors (Lipinski definition) is 3. The van der Waals surface area contributed by atoms with E-state index in [2.05, 4.69) is 20.7 Å². The van der Waals surface area contributed by atoms with Crippen molar-refractivity contribution in [2.24, 2.45) is 0 Å². The van der Waals surface area contributed by atoms with Gasteiger partial charge < -0.3 is 5.11 Å². The molecule has 0 aliphatic heterocycles. The van der Waals surface area contributed by atoms with Gasteiger partial charge in [0.25, 0.3) is 10.0 Å². The lowest BCUT2D eigenvalue weighted by atomic mass is 10.2. The fourth-order valence-corrected chi connectivity index (χ4v) is 3.94. The van der Waals surface area contributed by atoms with Crippen LogP contribution in [0, 0.1) is 0 Å². The number of carboxylic acid groups (broad SMARTS) is 1. The first-order valence-corrected chi connectivity index (χ1v) is 8.74. The molecule has 0 aromatic heterocycles. The van der Waals surface area contributed by atoms with E-state index in [1.807, 2.05) is 0 Å². The molecule has 2 aromatic carbocycles. The molecule has 0 saturated heterocycles. The van der Waals surface area contributed by atoms with E-state index in [1.165, 1.54) is 30.3 Å². The van der Waals surface area contributed by atoms with Crippen molar-refractivity contribution in [2.45, 2.75) is 4.90 Å². The van der Waals surface area contributed by atoms with E-state index in [0.29, 0.717) is 4.47 Å². The molecule has 0 atom stereocenters. The Balaban J connectivity index is 2.41. The van der Waals surface area contributed by atoms with Gasteiger partial charge in [0.05, 0.1) is 15.6 Å². The van der Waals surface area contributed by atoms with Gasteiger partial charge in [0, 0.05) is 10.2 Å². The fraction of sp³-hybridized carbons (Fsp3) is 0. The number of hydrogen-bond donors (Lipinski definition) is 2. The number of halogens is 3. The lowest BCUT2D eigenvalue weighted by Gasteiger charge is -2.11. The lowest BCUT2D eigenvalue weighted by molar-refractivity contribution is 0.0697. The second-order valence-electron chi connectivity index (χ2n) is 4.18. The van der Waals surface area contributed by atoms with Gasteiger partial charge in [-0.05, 0) is 36.4 Å². The summed E-state index contributed by atoms with van der Waals surface area (Å²) in [4.78, 5) is 10.9. The van der Waals surface area contributed by atoms with Gasteiger partial charge in [0.1, 0.15) is 4.90 Å². The van der Waals surface area contributed by atoms with Crippen LogP contribution < -0.4 is 4.72 Å². The first-order chi connectivity index (χ1) is 10.2. The second kappa shape index (κ2) is 6.45. The predicted molar refractivity (Wildman–Crippen MR) is 88.4 cm³/mol. The van der Waals surface area contributed by atoms with Crippen LogP contribution in [0.25, 0.3) is 0 Å².